The number of amides is 2. The van der Waals surface area contributed by atoms with Crippen LogP contribution in [0.25, 0.3) is 0 Å². The third kappa shape index (κ3) is 6.97. The molecule has 2 atom stereocenters. The molecule has 4 nitrogen and oxygen atoms in total. The molecule has 3 aliphatic carbocycles. The van der Waals surface area contributed by atoms with E-state index >= 15 is 9.59 Å². The van der Waals surface area contributed by atoms with Gasteiger partial charge in [0.2, 0.25) is 0 Å². The van der Waals surface area contributed by atoms with E-state index in [0.29, 0.717) is 11.1 Å². The predicted octanol–water partition coefficient (Wildman–Crippen LogP) is 8.39. The standard InChI is InChI=1S/C54H42N2O2P2/c57-53(45-33-17-19-35-47(45)59(37-21-5-1-6-22-37)38-23-7-2-8-24-38)55-51-49-41-29-13-15-31-43(41)50(44-32-16-14-30-42(44)49)52(51)56-54(58)46-34-18-20-36-48(46)60(39-25-9-3-10-26-39)40-27-11-4-12-28-40/h1-36,49-52H,(H,55,57)(H,56,58)/t49?,50?,51-,52-/m0/s1. The van der Waals surface area contributed by atoms with Crippen LogP contribution in [-0.4, -0.2) is 23.9 Å². The lowest BCUT2D eigenvalue weighted by Crippen LogP contribution is -2.62. The van der Waals surface area contributed by atoms with Gasteiger partial charge in [0.15, 0.2) is 0 Å². The van der Waals surface area contributed by atoms with Gasteiger partial charge in [-0.3, -0.25) is 9.59 Å². The van der Waals surface area contributed by atoms with Crippen molar-refractivity contribution in [2.45, 2.75) is 23.9 Å². The third-order valence-corrected chi connectivity index (χ3v) is 16.9. The van der Waals surface area contributed by atoms with Crippen LogP contribution < -0.4 is 42.5 Å². The Hall–Kier alpha value is -6.44. The number of rotatable bonds is 10. The Morgan fingerprint density at radius 1 is 0.317 bits per heavy atom. The third-order valence-electron chi connectivity index (χ3n) is 11.9. The number of benzene rings is 8. The van der Waals surface area contributed by atoms with E-state index in [0.717, 1.165) is 10.6 Å². The lowest BCUT2D eigenvalue weighted by Gasteiger charge is -2.51. The number of hydrogen-bond donors (Lipinski definition) is 2. The monoisotopic (exact) mass is 812 g/mol. The molecule has 0 heterocycles. The zero-order valence-electron chi connectivity index (χ0n) is 32.8. The first-order chi connectivity index (χ1) is 29.7. The summed E-state index contributed by atoms with van der Waals surface area (Å²) in [4.78, 5) is 30.3. The smallest absolute Gasteiger partial charge is 0.252 e. The van der Waals surface area contributed by atoms with Crippen molar-refractivity contribution in [3.8, 4) is 0 Å². The average Bonchev–Trinajstić information content (AvgIpc) is 3.31. The van der Waals surface area contributed by atoms with Crippen molar-refractivity contribution in [3.05, 3.63) is 252 Å². The Kier molecular flexibility index (Phi) is 10.5. The van der Waals surface area contributed by atoms with Gasteiger partial charge in [-0.15, -0.1) is 0 Å². The van der Waals surface area contributed by atoms with Crippen molar-refractivity contribution in [2.75, 3.05) is 0 Å². The first-order valence-corrected chi connectivity index (χ1v) is 23.1. The first-order valence-electron chi connectivity index (χ1n) is 20.4. The van der Waals surface area contributed by atoms with E-state index in [9.17, 15) is 0 Å². The highest BCUT2D eigenvalue weighted by molar-refractivity contribution is 7.80. The number of carbonyl (C=O) groups is 2. The van der Waals surface area contributed by atoms with Crippen LogP contribution in [0.5, 0.6) is 0 Å². The minimum atomic E-state index is -1.05. The van der Waals surface area contributed by atoms with Gasteiger partial charge in [-0.1, -0.05) is 206 Å². The number of nitrogens with one attached hydrogen (secondary N) is 2. The Balaban J connectivity index is 1.07. The maximum Gasteiger partial charge on any atom is 0.252 e. The van der Waals surface area contributed by atoms with Gasteiger partial charge in [0.05, 0.1) is 12.1 Å². The Labute approximate surface area is 353 Å². The Morgan fingerprint density at radius 3 is 0.867 bits per heavy atom. The zero-order valence-corrected chi connectivity index (χ0v) is 34.6. The van der Waals surface area contributed by atoms with Gasteiger partial charge in [-0.2, -0.15) is 0 Å². The van der Waals surface area contributed by atoms with Gasteiger partial charge in [-0.25, -0.2) is 0 Å². The summed E-state index contributed by atoms with van der Waals surface area (Å²) in [6.07, 6.45) is 0. The molecule has 0 aromatic heterocycles. The summed E-state index contributed by atoms with van der Waals surface area (Å²) in [7, 11) is -2.09. The molecular weight excluding hydrogens is 771 g/mol. The van der Waals surface area contributed by atoms with Gasteiger partial charge in [0, 0.05) is 23.0 Å². The molecule has 2 amide bonds. The van der Waals surface area contributed by atoms with Crippen molar-refractivity contribution >= 4 is 59.5 Å². The minimum absolute atomic E-state index is 0.145. The van der Waals surface area contributed by atoms with Crippen LogP contribution in [-0.2, 0) is 0 Å². The molecule has 6 heteroatoms. The fourth-order valence-corrected chi connectivity index (χ4v) is 14.3. The van der Waals surface area contributed by atoms with E-state index in [-0.39, 0.29) is 23.7 Å². The summed E-state index contributed by atoms with van der Waals surface area (Å²) in [5, 5.41) is 13.9. The second kappa shape index (κ2) is 16.7. The molecule has 3 aliphatic rings. The van der Waals surface area contributed by atoms with Crippen molar-refractivity contribution in [1.29, 1.82) is 0 Å². The SMILES string of the molecule is O=C(N[C@H]1C2c3ccccc3C(c3ccccc32)[C@@H]1NC(=O)c1ccccc1P(c1ccccc1)c1ccccc1)c1ccccc1P(c1ccccc1)c1ccccc1. The van der Waals surface area contributed by atoms with Gasteiger partial charge in [0.1, 0.15) is 0 Å². The molecule has 8 aromatic rings. The molecule has 0 fully saturated rings. The quantitative estimate of drug-likeness (QED) is 0.137. The Bertz CT molecular complexity index is 2480. The van der Waals surface area contributed by atoms with E-state index < -0.39 is 27.9 Å². The Morgan fingerprint density at radius 2 is 0.567 bits per heavy atom. The van der Waals surface area contributed by atoms with E-state index in [1.807, 2.05) is 60.7 Å². The molecule has 0 spiro atoms. The maximum absolute atomic E-state index is 15.1. The first kappa shape index (κ1) is 37.8. The van der Waals surface area contributed by atoms with Gasteiger partial charge < -0.3 is 10.6 Å². The average molecular weight is 813 g/mol. The molecule has 2 N–H and O–H groups in total. The van der Waals surface area contributed by atoms with Crippen molar-refractivity contribution in [2.24, 2.45) is 0 Å². The van der Waals surface area contributed by atoms with Crippen LogP contribution in [0, 0.1) is 0 Å². The topological polar surface area (TPSA) is 58.2 Å². The normalized spacial score (nSPS) is 17.4. The molecule has 60 heavy (non-hydrogen) atoms. The highest BCUT2D eigenvalue weighted by Gasteiger charge is 2.51. The molecule has 11 rings (SSSR count). The van der Waals surface area contributed by atoms with Gasteiger partial charge in [0.25, 0.3) is 11.8 Å². The summed E-state index contributed by atoms with van der Waals surface area (Å²) < 4.78 is 0. The molecule has 2 bridgehead atoms. The molecule has 0 aliphatic heterocycles. The fourth-order valence-electron chi connectivity index (χ4n) is 9.37. The summed E-state index contributed by atoms with van der Waals surface area (Å²) in [5.41, 5.74) is 6.06. The number of hydrogen-bond acceptors (Lipinski definition) is 2. The molecule has 8 aromatic carbocycles. The molecule has 0 radical (unpaired) electrons. The van der Waals surface area contributed by atoms with Crippen LogP contribution in [0.1, 0.15) is 54.8 Å². The van der Waals surface area contributed by atoms with Gasteiger partial charge >= 0.3 is 0 Å². The second-order valence-corrected chi connectivity index (χ2v) is 19.6. The van der Waals surface area contributed by atoms with Crippen molar-refractivity contribution in [1.82, 2.24) is 10.6 Å². The number of carbonyl (C=O) groups excluding carboxylic acids is 2. The molecule has 0 unspecified atom stereocenters. The highest BCUT2D eigenvalue weighted by atomic mass is 31.1. The van der Waals surface area contributed by atoms with Crippen LogP contribution in [0.15, 0.2) is 218 Å². The van der Waals surface area contributed by atoms with Crippen molar-refractivity contribution in [3.63, 3.8) is 0 Å². The summed E-state index contributed by atoms with van der Waals surface area (Å²) in [6.45, 7) is 0. The summed E-state index contributed by atoms with van der Waals surface area (Å²) in [6, 6.07) is 74.3. The van der Waals surface area contributed by atoms with Crippen molar-refractivity contribution < 1.29 is 9.59 Å². The minimum Gasteiger partial charge on any atom is -0.346 e. The molecule has 0 saturated carbocycles. The molecule has 290 valence electrons. The lowest BCUT2D eigenvalue weighted by molar-refractivity contribution is 0.0859. The van der Waals surface area contributed by atoms with Crippen LogP contribution >= 0.6 is 15.8 Å². The molecule has 0 saturated heterocycles. The van der Waals surface area contributed by atoms with E-state index in [4.69, 9.17) is 0 Å². The maximum atomic E-state index is 15.1. The van der Waals surface area contributed by atoms with E-state index in [2.05, 4.69) is 168 Å². The highest BCUT2D eigenvalue weighted by Crippen LogP contribution is 2.53. The largest absolute Gasteiger partial charge is 0.346 e. The zero-order chi connectivity index (χ0) is 40.4. The van der Waals surface area contributed by atoms with Gasteiger partial charge in [-0.05, 0) is 82.1 Å². The van der Waals surface area contributed by atoms with E-state index in [1.54, 1.807) is 0 Å². The second-order valence-electron chi connectivity index (χ2n) is 15.3. The summed E-state index contributed by atoms with van der Waals surface area (Å²) in [5.74, 6) is -0.633. The summed E-state index contributed by atoms with van der Waals surface area (Å²) >= 11 is 0. The van der Waals surface area contributed by atoms with Crippen LogP contribution in [0.4, 0.5) is 0 Å². The van der Waals surface area contributed by atoms with Crippen LogP contribution in [0.2, 0.25) is 0 Å². The number of fused-ring (bicyclic) bond motifs is 1. The van der Waals surface area contributed by atoms with E-state index in [1.165, 1.54) is 43.5 Å². The predicted molar refractivity (Wildman–Crippen MR) is 249 cm³/mol. The molecular formula is C54H42N2O2P2. The lowest BCUT2D eigenvalue weighted by atomic mass is 9.59. The van der Waals surface area contributed by atoms with Crippen LogP contribution in [0.3, 0.4) is 0 Å². The fraction of sp³-hybridized carbons (Fsp3) is 0.0741.